The minimum Gasteiger partial charge on any atom is -0.462 e. The molecule has 0 aliphatic heterocycles. The first-order chi connectivity index (χ1) is 30.0. The third-order valence-corrected chi connectivity index (χ3v) is 12.3. The normalized spacial score (nSPS) is 12.0. The second kappa shape index (κ2) is 50.8. The molecule has 0 aromatic carbocycles. The molecule has 0 heterocycles. The lowest BCUT2D eigenvalue weighted by molar-refractivity contribution is -0.167. The standard InChI is InChI=1S/C55H104O6/c1-4-7-10-13-16-19-22-25-26-27-28-29-30-31-34-36-39-42-45-48-54(57)60-51-52(61-55(58)49-46-43-40-37-33-24-21-18-15-12-9-6-3)50-59-53(56)47-44-41-38-35-32-23-20-17-14-11-8-5-2/h27-28,52H,4-26,29-51H2,1-3H3/b28-27-/t52-/m1/s1. The second-order valence-electron chi connectivity index (χ2n) is 18.5. The van der Waals surface area contributed by atoms with Gasteiger partial charge >= 0.3 is 17.9 Å². The molecule has 1 atom stereocenters. The van der Waals surface area contributed by atoms with Crippen molar-refractivity contribution < 1.29 is 28.6 Å². The summed E-state index contributed by atoms with van der Waals surface area (Å²) in [4.78, 5) is 38.0. The number of carbonyl (C=O) groups is 3. The first-order valence-corrected chi connectivity index (χ1v) is 27.2. The van der Waals surface area contributed by atoms with Crippen molar-refractivity contribution in [2.45, 2.75) is 309 Å². The van der Waals surface area contributed by atoms with Gasteiger partial charge < -0.3 is 14.2 Å². The minimum atomic E-state index is -0.764. The largest absolute Gasteiger partial charge is 0.462 e. The maximum atomic E-state index is 12.8. The van der Waals surface area contributed by atoms with Gasteiger partial charge in [0.25, 0.3) is 0 Å². The number of unbranched alkanes of at least 4 members (excludes halogenated alkanes) is 37. The fourth-order valence-corrected chi connectivity index (χ4v) is 8.14. The minimum absolute atomic E-state index is 0.0659. The van der Waals surface area contributed by atoms with Crippen molar-refractivity contribution in [3.05, 3.63) is 12.2 Å². The fraction of sp³-hybridized carbons (Fsp3) is 0.909. The fourth-order valence-electron chi connectivity index (χ4n) is 8.14. The van der Waals surface area contributed by atoms with Crippen molar-refractivity contribution in [1.29, 1.82) is 0 Å². The van der Waals surface area contributed by atoms with Crippen molar-refractivity contribution in [2.24, 2.45) is 0 Å². The van der Waals surface area contributed by atoms with Gasteiger partial charge in [0, 0.05) is 19.3 Å². The summed E-state index contributed by atoms with van der Waals surface area (Å²) in [5.74, 6) is -0.852. The highest BCUT2D eigenvalue weighted by atomic mass is 16.6. The average Bonchev–Trinajstić information content (AvgIpc) is 3.26. The van der Waals surface area contributed by atoms with Crippen LogP contribution >= 0.6 is 0 Å². The van der Waals surface area contributed by atoms with E-state index in [2.05, 4.69) is 32.9 Å². The molecule has 0 radical (unpaired) electrons. The van der Waals surface area contributed by atoms with Crippen LogP contribution in [0, 0.1) is 0 Å². The molecule has 61 heavy (non-hydrogen) atoms. The van der Waals surface area contributed by atoms with Crippen LogP contribution in [0.15, 0.2) is 12.2 Å². The quantitative estimate of drug-likeness (QED) is 0.0262. The van der Waals surface area contributed by atoms with Gasteiger partial charge in [-0.1, -0.05) is 251 Å². The van der Waals surface area contributed by atoms with Crippen LogP contribution in [0.2, 0.25) is 0 Å². The molecule has 0 saturated heterocycles. The number of esters is 3. The highest BCUT2D eigenvalue weighted by molar-refractivity contribution is 5.71. The number of carbonyl (C=O) groups excluding carboxylic acids is 3. The van der Waals surface area contributed by atoms with Gasteiger partial charge in [-0.15, -0.1) is 0 Å². The lowest BCUT2D eigenvalue weighted by atomic mass is 10.0. The Kier molecular flexibility index (Phi) is 49.3. The summed E-state index contributed by atoms with van der Waals surface area (Å²) >= 11 is 0. The molecule has 0 aromatic heterocycles. The molecule has 0 N–H and O–H groups in total. The van der Waals surface area contributed by atoms with Crippen molar-refractivity contribution >= 4 is 17.9 Å². The molecule has 0 unspecified atom stereocenters. The molecule has 0 fully saturated rings. The molecule has 0 aromatic rings. The van der Waals surface area contributed by atoms with E-state index in [1.54, 1.807) is 0 Å². The van der Waals surface area contributed by atoms with E-state index in [0.717, 1.165) is 57.8 Å². The van der Waals surface area contributed by atoms with E-state index in [9.17, 15) is 14.4 Å². The van der Waals surface area contributed by atoms with Crippen LogP contribution in [-0.2, 0) is 28.6 Å². The zero-order valence-electron chi connectivity index (χ0n) is 41.2. The molecule has 0 saturated carbocycles. The molecule has 0 aliphatic carbocycles. The topological polar surface area (TPSA) is 78.9 Å². The molecule has 6 nitrogen and oxygen atoms in total. The van der Waals surface area contributed by atoms with Gasteiger partial charge in [0.1, 0.15) is 13.2 Å². The molecule has 360 valence electrons. The summed E-state index contributed by atoms with van der Waals surface area (Å²) in [5.41, 5.74) is 0. The number of ether oxygens (including phenoxy) is 3. The van der Waals surface area contributed by atoms with Crippen molar-refractivity contribution in [2.75, 3.05) is 13.2 Å². The van der Waals surface area contributed by atoms with Gasteiger partial charge in [0.15, 0.2) is 6.10 Å². The maximum Gasteiger partial charge on any atom is 0.306 e. The van der Waals surface area contributed by atoms with Gasteiger partial charge in [-0.05, 0) is 44.9 Å². The van der Waals surface area contributed by atoms with E-state index in [1.165, 1.54) is 205 Å². The van der Waals surface area contributed by atoms with Gasteiger partial charge in [-0.3, -0.25) is 14.4 Å². The lowest BCUT2D eigenvalue weighted by Gasteiger charge is -2.18. The Morgan fingerprint density at radius 3 is 0.820 bits per heavy atom. The Morgan fingerprint density at radius 2 is 0.541 bits per heavy atom. The molecular weight excluding hydrogens is 757 g/mol. The molecule has 0 aliphatic rings. The Balaban J connectivity index is 4.27. The van der Waals surface area contributed by atoms with Gasteiger partial charge in [0.2, 0.25) is 0 Å². The van der Waals surface area contributed by atoms with Crippen molar-refractivity contribution in [1.82, 2.24) is 0 Å². The number of hydrogen-bond donors (Lipinski definition) is 0. The van der Waals surface area contributed by atoms with E-state index in [1.807, 2.05) is 0 Å². The SMILES string of the molecule is CCCCCCCCCC/C=C\CCCCCCCCCC(=O)OC[C@@H](COC(=O)CCCCCCCCCCCCCC)OC(=O)CCCCCCCCCCCCCC. The Bertz CT molecular complexity index is 947. The van der Waals surface area contributed by atoms with Crippen LogP contribution in [0.3, 0.4) is 0 Å². The zero-order valence-corrected chi connectivity index (χ0v) is 41.2. The third-order valence-electron chi connectivity index (χ3n) is 12.3. The molecule has 0 bridgehead atoms. The van der Waals surface area contributed by atoms with Gasteiger partial charge in [-0.2, -0.15) is 0 Å². The van der Waals surface area contributed by atoms with E-state index in [-0.39, 0.29) is 31.1 Å². The molecule has 0 rings (SSSR count). The molecule has 0 amide bonds. The van der Waals surface area contributed by atoms with Crippen LogP contribution in [0.4, 0.5) is 0 Å². The molecular formula is C55H104O6. The Hall–Kier alpha value is -1.85. The lowest BCUT2D eigenvalue weighted by Crippen LogP contribution is -2.30. The Labute approximate surface area is 380 Å². The number of hydrogen-bond acceptors (Lipinski definition) is 6. The highest BCUT2D eigenvalue weighted by Crippen LogP contribution is 2.16. The predicted molar refractivity (Wildman–Crippen MR) is 261 cm³/mol. The van der Waals surface area contributed by atoms with Gasteiger partial charge in [-0.25, -0.2) is 0 Å². The molecule has 0 spiro atoms. The maximum absolute atomic E-state index is 12.8. The van der Waals surface area contributed by atoms with E-state index in [4.69, 9.17) is 14.2 Å². The van der Waals surface area contributed by atoms with E-state index in [0.29, 0.717) is 19.3 Å². The van der Waals surface area contributed by atoms with Crippen LogP contribution in [0.25, 0.3) is 0 Å². The summed E-state index contributed by atoms with van der Waals surface area (Å²) in [6.07, 6.45) is 56.2. The summed E-state index contributed by atoms with van der Waals surface area (Å²) in [6.45, 7) is 6.67. The van der Waals surface area contributed by atoms with E-state index < -0.39 is 6.10 Å². The molecule has 6 heteroatoms. The predicted octanol–water partition coefficient (Wildman–Crippen LogP) is 17.8. The van der Waals surface area contributed by atoms with Crippen molar-refractivity contribution in [3.8, 4) is 0 Å². The smallest absolute Gasteiger partial charge is 0.306 e. The van der Waals surface area contributed by atoms with Crippen LogP contribution in [-0.4, -0.2) is 37.2 Å². The van der Waals surface area contributed by atoms with Crippen LogP contribution in [0.1, 0.15) is 303 Å². The average molecular weight is 861 g/mol. The first kappa shape index (κ1) is 59.1. The van der Waals surface area contributed by atoms with Crippen LogP contribution < -0.4 is 0 Å². The summed E-state index contributed by atoms with van der Waals surface area (Å²) in [7, 11) is 0. The summed E-state index contributed by atoms with van der Waals surface area (Å²) in [5, 5.41) is 0. The van der Waals surface area contributed by atoms with Crippen molar-refractivity contribution in [3.63, 3.8) is 0 Å². The Morgan fingerprint density at radius 1 is 0.311 bits per heavy atom. The monoisotopic (exact) mass is 861 g/mol. The summed E-state index contributed by atoms with van der Waals surface area (Å²) < 4.78 is 16.8. The number of allylic oxidation sites excluding steroid dienone is 2. The highest BCUT2D eigenvalue weighted by Gasteiger charge is 2.19. The van der Waals surface area contributed by atoms with E-state index >= 15 is 0 Å². The van der Waals surface area contributed by atoms with Gasteiger partial charge in [0.05, 0.1) is 0 Å². The second-order valence-corrected chi connectivity index (χ2v) is 18.5. The number of rotatable bonds is 50. The first-order valence-electron chi connectivity index (χ1n) is 27.2. The van der Waals surface area contributed by atoms with Crippen LogP contribution in [0.5, 0.6) is 0 Å². The third kappa shape index (κ3) is 49.0. The zero-order chi connectivity index (χ0) is 44.4. The summed E-state index contributed by atoms with van der Waals surface area (Å²) in [6, 6.07) is 0.